The Hall–Kier alpha value is -1.10. The molecular weight excluding hydrogens is 267 g/mol. The molecule has 1 fully saturated rings. The van der Waals surface area contributed by atoms with Gasteiger partial charge in [0.1, 0.15) is 5.75 Å². The Balaban J connectivity index is 2.28. The van der Waals surface area contributed by atoms with Gasteiger partial charge >= 0.3 is 6.36 Å². The second kappa shape index (κ2) is 4.88. The Kier molecular flexibility index (Phi) is 3.61. The molecule has 0 spiro atoms. The van der Waals surface area contributed by atoms with Crippen LogP contribution in [0.3, 0.4) is 0 Å². The van der Waals surface area contributed by atoms with E-state index < -0.39 is 6.36 Å². The molecular formula is C12H13ClF3NO. The lowest BCUT2D eigenvalue weighted by atomic mass is 10.1. The quantitative estimate of drug-likeness (QED) is 0.806. The second-order valence-corrected chi connectivity index (χ2v) is 4.72. The summed E-state index contributed by atoms with van der Waals surface area (Å²) in [6, 6.07) is 2.88. The summed E-state index contributed by atoms with van der Waals surface area (Å²) in [7, 11) is 0. The van der Waals surface area contributed by atoms with Crippen LogP contribution < -0.4 is 9.64 Å². The number of rotatable bonds is 2. The first-order chi connectivity index (χ1) is 8.37. The van der Waals surface area contributed by atoms with E-state index in [-0.39, 0.29) is 10.8 Å². The number of alkyl halides is 3. The van der Waals surface area contributed by atoms with Crippen LogP contribution in [-0.4, -0.2) is 19.5 Å². The van der Waals surface area contributed by atoms with Crippen LogP contribution >= 0.6 is 11.6 Å². The molecule has 100 valence electrons. The third kappa shape index (κ3) is 3.02. The zero-order chi connectivity index (χ0) is 13.3. The molecule has 0 aromatic heterocycles. The van der Waals surface area contributed by atoms with Crippen molar-refractivity contribution >= 4 is 17.3 Å². The highest BCUT2D eigenvalue weighted by Gasteiger charge is 2.32. The molecule has 1 aromatic rings. The van der Waals surface area contributed by atoms with Crippen LogP contribution in [0.5, 0.6) is 5.75 Å². The van der Waals surface area contributed by atoms with E-state index in [2.05, 4.69) is 9.64 Å². The van der Waals surface area contributed by atoms with Crippen molar-refractivity contribution in [3.63, 3.8) is 0 Å². The van der Waals surface area contributed by atoms with Crippen molar-refractivity contribution in [1.82, 2.24) is 0 Å². The van der Waals surface area contributed by atoms with Crippen LogP contribution in [0.2, 0.25) is 5.02 Å². The molecule has 1 saturated heterocycles. The van der Waals surface area contributed by atoms with Crippen LogP contribution in [0, 0.1) is 6.92 Å². The Labute approximate surface area is 108 Å². The molecule has 0 unspecified atom stereocenters. The van der Waals surface area contributed by atoms with Gasteiger partial charge in [0.25, 0.3) is 0 Å². The number of aryl methyl sites for hydroxylation is 1. The number of nitrogens with zero attached hydrogens (tertiary/aromatic N) is 1. The van der Waals surface area contributed by atoms with Gasteiger partial charge in [-0.2, -0.15) is 0 Å². The summed E-state index contributed by atoms with van der Waals surface area (Å²) in [5, 5.41) is -0.0141. The molecule has 6 heteroatoms. The molecule has 2 nitrogen and oxygen atoms in total. The van der Waals surface area contributed by atoms with E-state index >= 15 is 0 Å². The third-order valence-electron chi connectivity index (χ3n) is 2.92. The van der Waals surface area contributed by atoms with Gasteiger partial charge in [-0.25, -0.2) is 0 Å². The minimum absolute atomic E-state index is 0.0141. The maximum absolute atomic E-state index is 12.2. The first-order valence-corrected chi connectivity index (χ1v) is 6.05. The van der Waals surface area contributed by atoms with Gasteiger partial charge in [-0.15, -0.1) is 13.2 Å². The fraction of sp³-hybridized carbons (Fsp3) is 0.500. The van der Waals surface area contributed by atoms with E-state index in [0.29, 0.717) is 0 Å². The van der Waals surface area contributed by atoms with E-state index in [4.69, 9.17) is 11.6 Å². The monoisotopic (exact) mass is 279 g/mol. The normalized spacial score (nSPS) is 16.2. The van der Waals surface area contributed by atoms with Crippen LogP contribution in [0.15, 0.2) is 12.1 Å². The van der Waals surface area contributed by atoms with Crippen LogP contribution in [0.4, 0.5) is 18.9 Å². The maximum atomic E-state index is 12.2. The van der Waals surface area contributed by atoms with Gasteiger partial charge in [0, 0.05) is 18.8 Å². The van der Waals surface area contributed by atoms with Crippen molar-refractivity contribution in [3.8, 4) is 5.75 Å². The fourth-order valence-electron chi connectivity index (χ4n) is 2.15. The molecule has 0 saturated carbocycles. The summed E-state index contributed by atoms with van der Waals surface area (Å²) >= 11 is 5.83. The maximum Gasteiger partial charge on any atom is 0.573 e. The van der Waals surface area contributed by atoms with Crippen molar-refractivity contribution in [1.29, 1.82) is 0 Å². The Bertz CT molecular complexity index is 442. The van der Waals surface area contributed by atoms with Crippen molar-refractivity contribution in [2.45, 2.75) is 26.1 Å². The largest absolute Gasteiger partial charge is 0.573 e. The highest BCUT2D eigenvalue weighted by molar-refractivity contribution is 6.32. The minimum Gasteiger partial charge on any atom is -0.404 e. The minimum atomic E-state index is -4.72. The topological polar surface area (TPSA) is 12.5 Å². The predicted molar refractivity (Wildman–Crippen MR) is 64.3 cm³/mol. The molecule has 0 atom stereocenters. The Morgan fingerprint density at radius 3 is 2.39 bits per heavy atom. The average molecular weight is 280 g/mol. The van der Waals surface area contributed by atoms with Gasteiger partial charge in [0.05, 0.1) is 5.02 Å². The second-order valence-electron chi connectivity index (χ2n) is 4.31. The van der Waals surface area contributed by atoms with Crippen molar-refractivity contribution < 1.29 is 17.9 Å². The van der Waals surface area contributed by atoms with Crippen LogP contribution in [-0.2, 0) is 0 Å². The number of anilines is 1. The van der Waals surface area contributed by atoms with Crippen LogP contribution in [0.1, 0.15) is 18.4 Å². The highest BCUT2D eigenvalue weighted by Crippen LogP contribution is 2.36. The van der Waals surface area contributed by atoms with E-state index in [1.54, 1.807) is 13.0 Å². The summed E-state index contributed by atoms with van der Waals surface area (Å²) in [4.78, 5) is 2.12. The molecule has 2 rings (SSSR count). The Morgan fingerprint density at radius 2 is 1.83 bits per heavy atom. The summed E-state index contributed by atoms with van der Waals surface area (Å²) in [6.07, 6.45) is -2.53. The summed E-state index contributed by atoms with van der Waals surface area (Å²) < 4.78 is 40.4. The fourth-order valence-corrected chi connectivity index (χ4v) is 2.34. The van der Waals surface area contributed by atoms with Crippen molar-refractivity contribution in [2.24, 2.45) is 0 Å². The van der Waals surface area contributed by atoms with Gasteiger partial charge in [0.2, 0.25) is 0 Å². The smallest absolute Gasteiger partial charge is 0.404 e. The van der Waals surface area contributed by atoms with E-state index in [0.717, 1.165) is 37.2 Å². The van der Waals surface area contributed by atoms with Crippen molar-refractivity contribution in [3.05, 3.63) is 22.7 Å². The first-order valence-electron chi connectivity index (χ1n) is 5.67. The van der Waals surface area contributed by atoms with E-state index in [1.165, 1.54) is 6.07 Å². The molecule has 0 amide bonds. The van der Waals surface area contributed by atoms with E-state index in [9.17, 15) is 13.2 Å². The van der Waals surface area contributed by atoms with Gasteiger partial charge < -0.3 is 9.64 Å². The predicted octanol–water partition coefficient (Wildman–Crippen LogP) is 4.15. The highest BCUT2D eigenvalue weighted by atomic mass is 35.5. The summed E-state index contributed by atoms with van der Waals surface area (Å²) in [5.41, 5.74) is 1.62. The standard InChI is InChI=1S/C12H13ClF3NO/c1-8-6-11(18-12(14,15)16)9(13)7-10(8)17-4-2-3-5-17/h6-7H,2-5H2,1H3. The lowest BCUT2D eigenvalue weighted by Gasteiger charge is -2.21. The first kappa shape index (κ1) is 13.3. The van der Waals surface area contributed by atoms with E-state index in [1.807, 2.05) is 0 Å². The lowest BCUT2D eigenvalue weighted by molar-refractivity contribution is -0.274. The van der Waals surface area contributed by atoms with Gasteiger partial charge in [-0.3, -0.25) is 0 Å². The van der Waals surface area contributed by atoms with Gasteiger partial charge in [0.15, 0.2) is 0 Å². The SMILES string of the molecule is Cc1cc(OC(F)(F)F)c(Cl)cc1N1CCCC1. The number of halogens is 4. The van der Waals surface area contributed by atoms with Gasteiger partial charge in [-0.1, -0.05) is 11.6 Å². The summed E-state index contributed by atoms with van der Waals surface area (Å²) in [5.74, 6) is -0.343. The molecule has 0 aliphatic carbocycles. The molecule has 0 radical (unpaired) electrons. The average Bonchev–Trinajstić information content (AvgIpc) is 2.74. The molecule has 0 N–H and O–H groups in total. The molecule has 18 heavy (non-hydrogen) atoms. The lowest BCUT2D eigenvalue weighted by Crippen LogP contribution is -2.20. The van der Waals surface area contributed by atoms with Gasteiger partial charge in [-0.05, 0) is 37.5 Å². The molecule has 1 heterocycles. The number of hydrogen-bond acceptors (Lipinski definition) is 2. The number of ether oxygens (including phenoxy) is 1. The zero-order valence-corrected chi connectivity index (χ0v) is 10.6. The molecule has 0 bridgehead atoms. The molecule has 1 aliphatic rings. The number of benzene rings is 1. The van der Waals surface area contributed by atoms with Crippen molar-refractivity contribution in [2.75, 3.05) is 18.0 Å². The zero-order valence-electron chi connectivity index (χ0n) is 9.85. The van der Waals surface area contributed by atoms with Crippen LogP contribution in [0.25, 0.3) is 0 Å². The third-order valence-corrected chi connectivity index (χ3v) is 3.22. The number of hydrogen-bond donors (Lipinski definition) is 0. The molecule has 1 aliphatic heterocycles. The Morgan fingerprint density at radius 1 is 1.22 bits per heavy atom. The molecule has 1 aromatic carbocycles. The summed E-state index contributed by atoms with van der Waals surface area (Å²) in [6.45, 7) is 3.58.